The molecule has 174 valence electrons. The van der Waals surface area contributed by atoms with Crippen LogP contribution in [0.3, 0.4) is 0 Å². The number of hydrogen-bond donors (Lipinski definition) is 0. The van der Waals surface area contributed by atoms with E-state index < -0.39 is 11.7 Å². The summed E-state index contributed by atoms with van der Waals surface area (Å²) in [6, 6.07) is 14.2. The molecule has 2 aliphatic heterocycles. The van der Waals surface area contributed by atoms with Gasteiger partial charge in [-0.3, -0.25) is 14.6 Å². The third-order valence-corrected chi connectivity index (χ3v) is 6.28. The zero-order valence-electron chi connectivity index (χ0n) is 18.3. The summed E-state index contributed by atoms with van der Waals surface area (Å²) in [5.41, 5.74) is 2.35. The van der Waals surface area contributed by atoms with Gasteiger partial charge in [0.25, 0.3) is 0 Å². The molecular formula is C26H22F3N3O2. The zero-order valence-corrected chi connectivity index (χ0v) is 18.3. The Morgan fingerprint density at radius 3 is 1.88 bits per heavy atom. The Morgan fingerprint density at radius 1 is 0.765 bits per heavy atom. The molecule has 0 atom stereocenters. The monoisotopic (exact) mass is 465 g/mol. The van der Waals surface area contributed by atoms with Crippen LogP contribution in [-0.4, -0.2) is 29.9 Å². The van der Waals surface area contributed by atoms with Crippen molar-refractivity contribution < 1.29 is 22.8 Å². The van der Waals surface area contributed by atoms with E-state index in [-0.39, 0.29) is 17.4 Å². The van der Waals surface area contributed by atoms with E-state index in [4.69, 9.17) is 0 Å². The Balaban J connectivity index is 1.55. The van der Waals surface area contributed by atoms with Crippen molar-refractivity contribution in [3.05, 3.63) is 66.4 Å². The number of nitrogens with zero attached hydrogens (tertiary/aromatic N) is 3. The average molecular weight is 465 g/mol. The molecule has 0 saturated carbocycles. The van der Waals surface area contributed by atoms with Gasteiger partial charge in [-0.1, -0.05) is 24.3 Å². The molecule has 1 aromatic heterocycles. The average Bonchev–Trinajstić information content (AvgIpc) is 3.46. The summed E-state index contributed by atoms with van der Waals surface area (Å²) in [4.78, 5) is 32.6. The largest absolute Gasteiger partial charge is 0.417 e. The van der Waals surface area contributed by atoms with Gasteiger partial charge in [-0.05, 0) is 48.7 Å². The van der Waals surface area contributed by atoms with Gasteiger partial charge in [-0.2, -0.15) is 13.2 Å². The van der Waals surface area contributed by atoms with E-state index in [2.05, 4.69) is 4.98 Å². The van der Waals surface area contributed by atoms with Crippen LogP contribution in [0.25, 0.3) is 22.4 Å². The molecule has 2 saturated heterocycles. The summed E-state index contributed by atoms with van der Waals surface area (Å²) in [6.45, 7) is 1.21. The molecule has 2 aliphatic rings. The number of carbonyl (C=O) groups is 2. The smallest absolute Gasteiger partial charge is 0.312 e. The molecule has 5 nitrogen and oxygen atoms in total. The van der Waals surface area contributed by atoms with Gasteiger partial charge in [0.1, 0.15) is 0 Å². The fourth-order valence-electron chi connectivity index (χ4n) is 4.60. The van der Waals surface area contributed by atoms with Gasteiger partial charge in [0.2, 0.25) is 11.8 Å². The summed E-state index contributed by atoms with van der Waals surface area (Å²) in [5.74, 6) is 0.0610. The fourth-order valence-corrected chi connectivity index (χ4v) is 4.60. The van der Waals surface area contributed by atoms with E-state index in [1.807, 2.05) is 18.2 Å². The van der Waals surface area contributed by atoms with Gasteiger partial charge in [-0.25, -0.2) is 0 Å². The van der Waals surface area contributed by atoms with Gasteiger partial charge in [0.05, 0.1) is 11.3 Å². The highest BCUT2D eigenvalue weighted by Crippen LogP contribution is 2.38. The minimum Gasteiger partial charge on any atom is -0.312 e. The number of amides is 2. The molecule has 0 spiro atoms. The van der Waals surface area contributed by atoms with Crippen molar-refractivity contribution in [1.82, 2.24) is 4.98 Å². The Hall–Kier alpha value is -3.68. The van der Waals surface area contributed by atoms with E-state index in [9.17, 15) is 22.8 Å². The number of hydrogen-bond acceptors (Lipinski definition) is 3. The van der Waals surface area contributed by atoms with Crippen LogP contribution in [0.1, 0.15) is 31.2 Å². The van der Waals surface area contributed by atoms with Crippen molar-refractivity contribution in [2.45, 2.75) is 31.9 Å². The van der Waals surface area contributed by atoms with Gasteiger partial charge >= 0.3 is 6.18 Å². The summed E-state index contributed by atoms with van der Waals surface area (Å²) in [6.07, 6.45) is -0.544. The zero-order chi connectivity index (χ0) is 23.9. The minimum absolute atomic E-state index is 0.0305. The first kappa shape index (κ1) is 22.1. The quantitative estimate of drug-likeness (QED) is 0.498. The Kier molecular flexibility index (Phi) is 5.59. The fraction of sp³-hybridized carbons (Fsp3) is 0.269. The van der Waals surface area contributed by atoms with Crippen LogP contribution in [-0.2, 0) is 15.8 Å². The van der Waals surface area contributed by atoms with Crippen LogP contribution < -0.4 is 9.80 Å². The molecule has 0 aliphatic carbocycles. The van der Waals surface area contributed by atoms with Crippen LogP contribution in [0.15, 0.2) is 60.8 Å². The van der Waals surface area contributed by atoms with Gasteiger partial charge in [-0.15, -0.1) is 0 Å². The second-order valence-corrected chi connectivity index (χ2v) is 8.51. The molecular weight excluding hydrogens is 443 g/mol. The maximum absolute atomic E-state index is 13.4. The Bertz CT molecular complexity index is 1210. The first-order valence-electron chi connectivity index (χ1n) is 11.2. The number of halogens is 3. The lowest BCUT2D eigenvalue weighted by Gasteiger charge is -2.22. The number of alkyl halides is 3. The molecule has 2 fully saturated rings. The second-order valence-electron chi connectivity index (χ2n) is 8.51. The molecule has 2 aromatic carbocycles. The van der Waals surface area contributed by atoms with E-state index in [1.54, 1.807) is 28.0 Å². The normalized spacial score (nSPS) is 16.6. The summed E-state index contributed by atoms with van der Waals surface area (Å²) in [5, 5.41) is 0. The topological polar surface area (TPSA) is 53.5 Å². The predicted octanol–water partition coefficient (Wildman–Crippen LogP) is 5.69. The third-order valence-electron chi connectivity index (χ3n) is 6.28. The van der Waals surface area contributed by atoms with Crippen molar-refractivity contribution in [3.8, 4) is 22.4 Å². The van der Waals surface area contributed by atoms with E-state index in [0.717, 1.165) is 18.9 Å². The molecule has 0 unspecified atom stereocenters. The third kappa shape index (κ3) is 4.16. The number of pyridine rings is 1. The van der Waals surface area contributed by atoms with E-state index in [1.165, 1.54) is 18.3 Å². The van der Waals surface area contributed by atoms with Crippen LogP contribution >= 0.6 is 0 Å². The van der Waals surface area contributed by atoms with E-state index >= 15 is 0 Å². The Labute approximate surface area is 194 Å². The molecule has 2 amide bonds. The summed E-state index contributed by atoms with van der Waals surface area (Å²) < 4.78 is 40.3. The molecule has 3 heterocycles. The van der Waals surface area contributed by atoms with E-state index in [0.29, 0.717) is 54.1 Å². The van der Waals surface area contributed by atoms with Crippen LogP contribution in [0.4, 0.5) is 24.5 Å². The lowest BCUT2D eigenvalue weighted by molar-refractivity contribution is -0.137. The van der Waals surface area contributed by atoms with Gasteiger partial charge in [0, 0.05) is 54.6 Å². The molecule has 0 N–H and O–H groups in total. The minimum atomic E-state index is -4.47. The SMILES string of the molecule is O=C1CCCN1c1cc(-c2ccc(-c3ccccc3C(F)(F)F)cn2)cc(N2CCCC2=O)c1. The highest BCUT2D eigenvalue weighted by atomic mass is 19.4. The van der Waals surface area contributed by atoms with Crippen LogP contribution in [0.5, 0.6) is 0 Å². The first-order valence-corrected chi connectivity index (χ1v) is 11.2. The molecule has 5 rings (SSSR count). The number of rotatable bonds is 4. The number of aromatic nitrogens is 1. The van der Waals surface area contributed by atoms with Crippen LogP contribution in [0.2, 0.25) is 0 Å². The maximum atomic E-state index is 13.4. The second kappa shape index (κ2) is 8.59. The lowest BCUT2D eigenvalue weighted by atomic mass is 10.00. The number of carbonyl (C=O) groups excluding carboxylic acids is 2. The first-order chi connectivity index (χ1) is 16.3. The van der Waals surface area contributed by atoms with Crippen molar-refractivity contribution in [1.29, 1.82) is 0 Å². The molecule has 0 radical (unpaired) electrons. The Morgan fingerprint density at radius 2 is 1.38 bits per heavy atom. The summed E-state index contributed by atoms with van der Waals surface area (Å²) in [7, 11) is 0. The van der Waals surface area contributed by atoms with Gasteiger partial charge < -0.3 is 9.80 Å². The summed E-state index contributed by atoms with van der Waals surface area (Å²) >= 11 is 0. The van der Waals surface area contributed by atoms with Crippen molar-refractivity contribution in [3.63, 3.8) is 0 Å². The van der Waals surface area contributed by atoms with Gasteiger partial charge in [0.15, 0.2) is 0 Å². The highest BCUT2D eigenvalue weighted by molar-refractivity contribution is 5.99. The molecule has 0 bridgehead atoms. The van der Waals surface area contributed by atoms with Crippen molar-refractivity contribution in [2.75, 3.05) is 22.9 Å². The predicted molar refractivity (Wildman–Crippen MR) is 123 cm³/mol. The lowest BCUT2D eigenvalue weighted by Crippen LogP contribution is -2.26. The molecule has 34 heavy (non-hydrogen) atoms. The van der Waals surface area contributed by atoms with Crippen LogP contribution in [0, 0.1) is 0 Å². The van der Waals surface area contributed by atoms with Crippen molar-refractivity contribution in [2.24, 2.45) is 0 Å². The highest BCUT2D eigenvalue weighted by Gasteiger charge is 2.33. The number of benzene rings is 2. The molecule has 3 aromatic rings. The molecule has 8 heteroatoms. The standard InChI is InChI=1S/C26H22F3N3O2/c27-26(28,29)22-6-2-1-5-21(22)17-9-10-23(30-16-17)18-13-19(31-11-3-7-24(31)33)15-20(14-18)32-12-4-8-25(32)34/h1-2,5-6,9-10,13-16H,3-4,7-8,11-12H2. The van der Waals surface area contributed by atoms with Crippen molar-refractivity contribution >= 4 is 23.2 Å². The maximum Gasteiger partial charge on any atom is 0.417 e. The number of anilines is 2.